The van der Waals surface area contributed by atoms with Gasteiger partial charge in [-0.05, 0) is 0 Å². The van der Waals surface area contributed by atoms with Crippen molar-refractivity contribution in [1.82, 2.24) is 0 Å². The Labute approximate surface area is 87.0 Å². The van der Waals surface area contributed by atoms with Gasteiger partial charge in [-0.3, -0.25) is 4.79 Å². The zero-order valence-electron chi connectivity index (χ0n) is 8.78. The Kier molecular flexibility index (Phi) is 5.37. The van der Waals surface area contributed by atoms with Crippen LogP contribution < -0.4 is 0 Å². The Morgan fingerprint density at radius 1 is 1.27 bits per heavy atom. The first-order chi connectivity index (χ1) is 7.31. The van der Waals surface area contributed by atoms with Gasteiger partial charge < -0.3 is 30.3 Å². The van der Waals surface area contributed by atoms with E-state index in [0.717, 1.165) is 0 Å². The minimum Gasteiger partial charge on any atom is -0.394 e. The monoisotopic (exact) mass is 223 g/mol. The molecule has 0 spiro atoms. The molecule has 0 aliphatic heterocycles. The first-order valence-electron chi connectivity index (χ1n) is 4.66. The first kappa shape index (κ1) is 12.2. The van der Waals surface area contributed by atoms with E-state index in [0.29, 0.717) is 0 Å². The second-order valence-electron chi connectivity index (χ2n) is 2.96. The maximum Gasteiger partial charge on any atom is 0.171 e. The Bertz CT molecular complexity index is 257. The van der Waals surface area contributed by atoms with Gasteiger partial charge in [-0.25, -0.2) is 0 Å². The molecule has 4 atom stereocenters. The molecular weight excluding hydrogens is 208 g/mol. The molecule has 0 saturated carbocycles. The Hall–Kier alpha value is -0.860. The van der Waals surface area contributed by atoms with Gasteiger partial charge in [0.15, 0.2) is 5.78 Å². The number of rotatable bonds is 7. The smallest absolute Gasteiger partial charge is 0.171 e. The van der Waals surface area contributed by atoms with Crippen molar-refractivity contribution in [2.45, 2.75) is 30.8 Å². The van der Waals surface area contributed by atoms with Crippen molar-refractivity contribution in [3.05, 3.63) is 0 Å². The fourth-order valence-corrected chi connectivity index (χ4v) is 0.889. The van der Waals surface area contributed by atoms with Crippen molar-refractivity contribution in [3.63, 3.8) is 0 Å². The summed E-state index contributed by atoms with van der Waals surface area (Å²) < 4.78 is 6.47. The average molecular weight is 223 g/mol. The van der Waals surface area contributed by atoms with Gasteiger partial charge in [-0.1, -0.05) is 0 Å². The summed E-state index contributed by atoms with van der Waals surface area (Å²) in [5, 5.41) is 44.9. The van der Waals surface area contributed by atoms with Gasteiger partial charge in [0.1, 0.15) is 32.0 Å². The van der Waals surface area contributed by atoms with Crippen LogP contribution in [0.15, 0.2) is 0 Å². The number of carbonyl (C=O) groups excluding carboxylic acids is 2. The molecule has 0 amide bonds. The average Bonchev–Trinajstić information content (AvgIpc) is 2.23. The summed E-state index contributed by atoms with van der Waals surface area (Å²) in [4.78, 5) is 21.2. The van der Waals surface area contributed by atoms with Crippen LogP contribution in [0.5, 0.6) is 0 Å². The lowest BCUT2D eigenvalue weighted by molar-refractivity contribution is -0.147. The molecule has 0 bridgehead atoms. The van der Waals surface area contributed by atoms with Crippen molar-refractivity contribution in [1.29, 1.82) is 0 Å². The minimum atomic E-state index is -2.09. The van der Waals surface area contributed by atoms with Crippen LogP contribution in [0.2, 0.25) is 0 Å². The second-order valence-corrected chi connectivity index (χ2v) is 2.96. The molecule has 7 heteroatoms. The van der Waals surface area contributed by atoms with E-state index in [1.54, 1.807) is 0 Å². The highest BCUT2D eigenvalue weighted by atomic mass is 16.4. The number of aldehydes is 1. The molecule has 0 aromatic carbocycles. The topological polar surface area (TPSA) is 135 Å². The molecule has 0 aromatic heterocycles. The van der Waals surface area contributed by atoms with E-state index >= 15 is 0 Å². The van der Waals surface area contributed by atoms with Gasteiger partial charge in [-0.2, -0.15) is 0 Å². The molecule has 0 aliphatic carbocycles. The van der Waals surface area contributed by atoms with Gasteiger partial charge >= 0.3 is 0 Å². The van der Waals surface area contributed by atoms with Crippen LogP contribution in [0.25, 0.3) is 0 Å². The van der Waals surface area contributed by atoms with E-state index in [1.165, 1.54) is 0 Å². The van der Waals surface area contributed by atoms with Crippen molar-refractivity contribution < 1.29 is 36.5 Å². The van der Waals surface area contributed by atoms with Gasteiger partial charge in [-0.15, -0.1) is 0 Å². The molecule has 0 aromatic rings. The summed E-state index contributed by atoms with van der Waals surface area (Å²) in [6.07, 6.45) is -9.91. The maximum atomic E-state index is 11.0. The third kappa shape index (κ3) is 4.02. The van der Waals surface area contributed by atoms with E-state index < -0.39 is 49.5 Å². The summed E-state index contributed by atoms with van der Waals surface area (Å²) in [6, 6.07) is 0. The van der Waals surface area contributed by atoms with Crippen LogP contribution in [0.1, 0.15) is 7.79 Å². The quantitative estimate of drug-likeness (QED) is 0.224. The lowest BCUT2D eigenvalue weighted by Crippen LogP contribution is -2.48. The standard InChI is InChI=1S/C8H14O7/c9-2-1-4(11)6(13)8(15)7(14)5(12)3-10/h2,5-8,10,12-15H,1,3H2/t5-,6+,7-,8-/m1/s1/i2D. The lowest BCUT2D eigenvalue weighted by atomic mass is 9.99. The predicted molar refractivity (Wildman–Crippen MR) is 46.8 cm³/mol. The summed E-state index contributed by atoms with van der Waals surface area (Å²) >= 11 is 0. The normalized spacial score (nSPS) is 19.9. The highest BCUT2D eigenvalue weighted by Gasteiger charge is 2.33. The summed E-state index contributed by atoms with van der Waals surface area (Å²) in [5.74, 6) is -1.14. The van der Waals surface area contributed by atoms with Crippen LogP contribution in [-0.2, 0) is 9.59 Å². The van der Waals surface area contributed by atoms with Gasteiger partial charge in [0.05, 0.1) is 13.0 Å². The lowest BCUT2D eigenvalue weighted by Gasteiger charge is -2.24. The van der Waals surface area contributed by atoms with E-state index in [1.807, 2.05) is 0 Å². The fourth-order valence-electron chi connectivity index (χ4n) is 0.889. The molecule has 0 fully saturated rings. The molecule has 0 radical (unpaired) electrons. The molecule has 0 rings (SSSR count). The third-order valence-corrected chi connectivity index (χ3v) is 1.83. The van der Waals surface area contributed by atoms with Crippen LogP contribution in [0, 0.1) is 0 Å². The number of Topliss-reactive ketones (excluding diaryl/α,β-unsaturated/α-hetero) is 1. The molecule has 5 N–H and O–H groups in total. The van der Waals surface area contributed by atoms with Crippen LogP contribution in [-0.4, -0.2) is 68.6 Å². The summed E-state index contributed by atoms with van der Waals surface area (Å²) in [6.45, 7) is -0.865. The molecule has 88 valence electrons. The number of hydrogen-bond donors (Lipinski definition) is 5. The molecule has 0 heterocycles. The van der Waals surface area contributed by atoms with Crippen LogP contribution in [0.4, 0.5) is 0 Å². The fraction of sp³-hybridized carbons (Fsp3) is 0.750. The zero-order chi connectivity index (χ0) is 12.9. The summed E-state index contributed by atoms with van der Waals surface area (Å²) in [7, 11) is 0. The molecule has 15 heavy (non-hydrogen) atoms. The van der Waals surface area contributed by atoms with Gasteiger partial charge in [0, 0.05) is 0 Å². The number of hydrogen-bond acceptors (Lipinski definition) is 7. The number of carbonyl (C=O) groups is 2. The molecule has 0 saturated heterocycles. The maximum absolute atomic E-state index is 11.0. The largest absolute Gasteiger partial charge is 0.394 e. The number of aliphatic hydroxyl groups excluding tert-OH is 5. The molecule has 7 nitrogen and oxygen atoms in total. The Balaban J connectivity index is 4.42. The van der Waals surface area contributed by atoms with E-state index in [4.69, 9.17) is 21.8 Å². The predicted octanol–water partition coefficient (Wildman–Crippen LogP) is -3.42. The third-order valence-electron chi connectivity index (χ3n) is 1.83. The Morgan fingerprint density at radius 2 is 1.80 bits per heavy atom. The first-order valence-corrected chi connectivity index (χ1v) is 4.16. The SMILES string of the molecule is [2H]C(=O)CC(=O)[C@H](O)[C@@H](O)[C@H](O)[C@H](O)CO. The van der Waals surface area contributed by atoms with Gasteiger partial charge in [0.25, 0.3) is 0 Å². The van der Waals surface area contributed by atoms with Crippen molar-refractivity contribution in [2.24, 2.45) is 0 Å². The highest BCUT2D eigenvalue weighted by Crippen LogP contribution is 2.06. The Morgan fingerprint density at radius 3 is 2.20 bits per heavy atom. The zero-order valence-corrected chi connectivity index (χ0v) is 7.78. The summed E-state index contributed by atoms with van der Waals surface area (Å²) in [5.41, 5.74) is 0. The van der Waals surface area contributed by atoms with E-state index in [9.17, 15) is 14.7 Å². The molecular formula is C8H14O7. The highest BCUT2D eigenvalue weighted by molar-refractivity contribution is 5.93. The van der Waals surface area contributed by atoms with Crippen LogP contribution in [0.3, 0.4) is 0 Å². The van der Waals surface area contributed by atoms with Crippen molar-refractivity contribution in [3.8, 4) is 0 Å². The molecule has 0 aliphatic rings. The molecule has 0 unspecified atom stereocenters. The minimum absolute atomic E-state index is 0.865. The van der Waals surface area contributed by atoms with Gasteiger partial charge in [0.2, 0.25) is 0 Å². The van der Waals surface area contributed by atoms with Crippen molar-refractivity contribution in [2.75, 3.05) is 6.61 Å². The van der Waals surface area contributed by atoms with E-state index in [2.05, 4.69) is 0 Å². The number of ketones is 1. The van der Waals surface area contributed by atoms with E-state index in [-0.39, 0.29) is 0 Å². The second kappa shape index (κ2) is 6.59. The number of aliphatic hydroxyl groups is 5. The van der Waals surface area contributed by atoms with Crippen LogP contribution >= 0.6 is 0 Å². The van der Waals surface area contributed by atoms with Crippen molar-refractivity contribution >= 4 is 12.0 Å².